The first-order valence-corrected chi connectivity index (χ1v) is 7.67. The highest BCUT2D eigenvalue weighted by molar-refractivity contribution is 6.30. The van der Waals surface area contributed by atoms with E-state index in [9.17, 15) is 9.59 Å². The van der Waals surface area contributed by atoms with Crippen molar-refractivity contribution in [3.05, 3.63) is 50.1 Å². The molecular formula is C15H14ClN5O2. The average Bonchev–Trinajstić information content (AvgIpc) is 2.93. The lowest BCUT2D eigenvalue weighted by Crippen LogP contribution is -2.31. The Kier molecular flexibility index (Phi) is 3.05. The first-order chi connectivity index (χ1) is 11.1. The van der Waals surface area contributed by atoms with E-state index < -0.39 is 11.2 Å². The van der Waals surface area contributed by atoms with Crippen molar-refractivity contribution >= 4 is 34.4 Å². The lowest BCUT2D eigenvalue weighted by Gasteiger charge is -2.29. The van der Waals surface area contributed by atoms with Gasteiger partial charge in [-0.1, -0.05) is 11.6 Å². The smallest absolute Gasteiger partial charge is 0.312 e. The minimum absolute atomic E-state index is 0.398. The van der Waals surface area contributed by atoms with Gasteiger partial charge in [0.1, 0.15) is 0 Å². The fraction of sp³-hybridized carbons (Fsp3) is 0.267. The fourth-order valence-electron chi connectivity index (χ4n) is 2.99. The number of aromatic amines is 1. The molecule has 0 radical (unpaired) electrons. The first kappa shape index (κ1) is 14.1. The second-order valence-electron chi connectivity index (χ2n) is 5.54. The maximum Gasteiger partial charge on any atom is 0.329 e. The molecule has 0 aliphatic carbocycles. The van der Waals surface area contributed by atoms with Crippen LogP contribution >= 0.6 is 11.6 Å². The van der Waals surface area contributed by atoms with Crippen molar-refractivity contribution in [2.45, 2.75) is 13.0 Å². The van der Waals surface area contributed by atoms with E-state index in [1.165, 1.54) is 4.57 Å². The maximum atomic E-state index is 12.2. The Balaban J connectivity index is 1.98. The molecule has 3 heterocycles. The number of hydrogen-bond donors (Lipinski definition) is 1. The van der Waals surface area contributed by atoms with Crippen LogP contribution in [0.4, 0.5) is 11.6 Å². The number of aromatic nitrogens is 4. The normalized spacial score (nSPS) is 14.3. The molecule has 4 rings (SSSR count). The number of anilines is 2. The number of halogens is 1. The zero-order valence-electron chi connectivity index (χ0n) is 12.4. The van der Waals surface area contributed by atoms with Gasteiger partial charge in [0.2, 0.25) is 5.95 Å². The third-order valence-corrected chi connectivity index (χ3v) is 4.38. The molecule has 0 unspecified atom stereocenters. The number of fused-ring (bicyclic) bond motifs is 3. The summed E-state index contributed by atoms with van der Waals surface area (Å²) in [6, 6.07) is 7.48. The van der Waals surface area contributed by atoms with Gasteiger partial charge in [-0.05, 0) is 30.7 Å². The van der Waals surface area contributed by atoms with E-state index >= 15 is 0 Å². The van der Waals surface area contributed by atoms with Crippen molar-refractivity contribution in [1.82, 2.24) is 19.1 Å². The highest BCUT2D eigenvalue weighted by Crippen LogP contribution is 2.31. The topological polar surface area (TPSA) is 75.9 Å². The molecule has 8 heteroatoms. The van der Waals surface area contributed by atoms with Crippen molar-refractivity contribution in [2.75, 3.05) is 11.4 Å². The zero-order chi connectivity index (χ0) is 16.1. The van der Waals surface area contributed by atoms with Crippen LogP contribution in [0.3, 0.4) is 0 Å². The van der Waals surface area contributed by atoms with Gasteiger partial charge in [0.05, 0.1) is 0 Å². The van der Waals surface area contributed by atoms with Crippen LogP contribution in [0.5, 0.6) is 0 Å². The van der Waals surface area contributed by atoms with Gasteiger partial charge in [-0.15, -0.1) is 0 Å². The van der Waals surface area contributed by atoms with Crippen molar-refractivity contribution in [2.24, 2.45) is 7.05 Å². The van der Waals surface area contributed by atoms with E-state index in [0.29, 0.717) is 28.7 Å². The Morgan fingerprint density at radius 3 is 2.65 bits per heavy atom. The van der Waals surface area contributed by atoms with Gasteiger partial charge in [-0.2, -0.15) is 4.98 Å². The summed E-state index contributed by atoms with van der Waals surface area (Å²) >= 11 is 5.95. The van der Waals surface area contributed by atoms with E-state index in [0.717, 1.165) is 18.7 Å². The summed E-state index contributed by atoms with van der Waals surface area (Å²) in [5.74, 6) is 0.667. The predicted molar refractivity (Wildman–Crippen MR) is 88.7 cm³/mol. The van der Waals surface area contributed by atoms with E-state index in [4.69, 9.17) is 11.6 Å². The van der Waals surface area contributed by atoms with E-state index in [2.05, 4.69) is 9.97 Å². The van der Waals surface area contributed by atoms with Crippen LogP contribution in [-0.2, 0) is 13.6 Å². The molecule has 0 saturated carbocycles. The largest absolute Gasteiger partial charge is 0.329 e. The van der Waals surface area contributed by atoms with Crippen LogP contribution in [0.1, 0.15) is 6.42 Å². The van der Waals surface area contributed by atoms with Crippen LogP contribution in [0.25, 0.3) is 11.2 Å². The molecule has 0 bridgehead atoms. The Bertz CT molecular complexity index is 1020. The quantitative estimate of drug-likeness (QED) is 0.735. The first-order valence-electron chi connectivity index (χ1n) is 7.29. The molecule has 1 aliphatic heterocycles. The molecule has 0 amide bonds. The molecule has 7 nitrogen and oxygen atoms in total. The molecule has 2 aromatic heterocycles. The lowest BCUT2D eigenvalue weighted by molar-refractivity contribution is 0.602. The highest BCUT2D eigenvalue weighted by Gasteiger charge is 2.25. The Labute approximate surface area is 135 Å². The summed E-state index contributed by atoms with van der Waals surface area (Å²) in [4.78, 5) is 32.9. The lowest BCUT2D eigenvalue weighted by atomic mass is 10.2. The van der Waals surface area contributed by atoms with Crippen molar-refractivity contribution < 1.29 is 0 Å². The molecule has 118 valence electrons. The third-order valence-electron chi connectivity index (χ3n) is 4.13. The molecule has 0 fully saturated rings. The summed E-state index contributed by atoms with van der Waals surface area (Å²) in [5.41, 5.74) is 0.915. The molecule has 1 N–H and O–H groups in total. The molecule has 0 saturated heterocycles. The van der Waals surface area contributed by atoms with Gasteiger partial charge in [0.25, 0.3) is 5.56 Å². The summed E-state index contributed by atoms with van der Waals surface area (Å²) < 4.78 is 3.23. The minimum Gasteiger partial charge on any atom is -0.312 e. The number of benzene rings is 1. The summed E-state index contributed by atoms with van der Waals surface area (Å²) in [6.07, 6.45) is 0.878. The summed E-state index contributed by atoms with van der Waals surface area (Å²) in [5, 5.41) is 0.665. The van der Waals surface area contributed by atoms with Crippen molar-refractivity contribution in [3.63, 3.8) is 0 Å². The molecule has 0 atom stereocenters. The van der Waals surface area contributed by atoms with Gasteiger partial charge >= 0.3 is 5.69 Å². The average molecular weight is 332 g/mol. The van der Waals surface area contributed by atoms with Crippen molar-refractivity contribution in [3.8, 4) is 0 Å². The van der Waals surface area contributed by atoms with E-state index in [1.54, 1.807) is 7.05 Å². The molecule has 1 aliphatic rings. The van der Waals surface area contributed by atoms with Crippen LogP contribution in [0.15, 0.2) is 33.9 Å². The Morgan fingerprint density at radius 1 is 1.17 bits per heavy atom. The van der Waals surface area contributed by atoms with E-state index in [1.807, 2.05) is 33.7 Å². The van der Waals surface area contributed by atoms with Gasteiger partial charge in [0.15, 0.2) is 11.2 Å². The number of imidazole rings is 1. The van der Waals surface area contributed by atoms with Crippen LogP contribution in [0, 0.1) is 0 Å². The number of H-pyrrole nitrogens is 1. The number of rotatable bonds is 1. The van der Waals surface area contributed by atoms with Crippen LogP contribution in [0.2, 0.25) is 5.02 Å². The molecular weight excluding hydrogens is 318 g/mol. The van der Waals surface area contributed by atoms with Crippen LogP contribution < -0.4 is 16.1 Å². The van der Waals surface area contributed by atoms with Crippen LogP contribution in [-0.4, -0.2) is 25.6 Å². The SMILES string of the molecule is Cn1c(=O)[nH]c(=O)c2c1nc1n2CCCN1c1ccc(Cl)cc1. The number of nitrogens with one attached hydrogen (secondary N) is 1. The molecule has 0 spiro atoms. The van der Waals surface area contributed by atoms with Crippen molar-refractivity contribution in [1.29, 1.82) is 0 Å². The maximum absolute atomic E-state index is 12.2. The van der Waals surface area contributed by atoms with Gasteiger partial charge in [-0.3, -0.25) is 14.3 Å². The predicted octanol–water partition coefficient (Wildman–Crippen LogP) is 1.62. The summed E-state index contributed by atoms with van der Waals surface area (Å²) in [7, 11) is 1.60. The minimum atomic E-state index is -0.462. The standard InChI is InChI=1S/C15H14ClN5O2/c1-19-12-11(13(22)18-15(19)23)21-8-2-7-20(14(21)17-12)10-5-3-9(16)4-6-10/h3-6H,2,7-8H2,1H3,(H,18,22,23). The molecule has 3 aromatic rings. The van der Waals surface area contributed by atoms with Gasteiger partial charge in [0, 0.05) is 30.8 Å². The molecule has 23 heavy (non-hydrogen) atoms. The van der Waals surface area contributed by atoms with E-state index in [-0.39, 0.29) is 0 Å². The second kappa shape index (κ2) is 4.99. The number of nitrogens with zero attached hydrogens (tertiary/aromatic N) is 4. The Morgan fingerprint density at radius 2 is 1.91 bits per heavy atom. The van der Waals surface area contributed by atoms with Gasteiger partial charge in [-0.25, -0.2) is 4.79 Å². The second-order valence-corrected chi connectivity index (χ2v) is 5.97. The van der Waals surface area contributed by atoms with Gasteiger partial charge < -0.3 is 9.47 Å². The number of hydrogen-bond acceptors (Lipinski definition) is 4. The monoisotopic (exact) mass is 331 g/mol. The fourth-order valence-corrected chi connectivity index (χ4v) is 3.12. The number of aryl methyl sites for hydroxylation is 2. The zero-order valence-corrected chi connectivity index (χ0v) is 13.2. The Hall–Kier alpha value is -2.54. The summed E-state index contributed by atoms with van der Waals surface area (Å²) in [6.45, 7) is 1.48. The molecule has 1 aromatic carbocycles. The third kappa shape index (κ3) is 2.08. The highest BCUT2D eigenvalue weighted by atomic mass is 35.5.